The lowest BCUT2D eigenvalue weighted by molar-refractivity contribution is -0.385. The number of fused-ring (bicyclic) bond motifs is 1. The van der Waals surface area contributed by atoms with Crippen LogP contribution in [0.15, 0.2) is 48.7 Å². The fraction of sp³-hybridized carbons (Fsp3) is 0.208. The van der Waals surface area contributed by atoms with Crippen molar-refractivity contribution in [2.75, 3.05) is 19.1 Å². The van der Waals surface area contributed by atoms with E-state index in [4.69, 9.17) is 14.5 Å². The minimum Gasteiger partial charge on any atom is -0.493 e. The molecule has 10 heteroatoms. The van der Waals surface area contributed by atoms with Crippen LogP contribution in [0.5, 0.6) is 11.5 Å². The van der Waals surface area contributed by atoms with Gasteiger partial charge in [0.2, 0.25) is 0 Å². The third kappa shape index (κ3) is 4.40. The summed E-state index contributed by atoms with van der Waals surface area (Å²) >= 11 is 1.36. The molecule has 0 saturated heterocycles. The van der Waals surface area contributed by atoms with Crippen molar-refractivity contribution in [1.82, 2.24) is 9.97 Å². The lowest BCUT2D eigenvalue weighted by atomic mass is 10.1. The SMILES string of the molecule is COc1cc(C(=O)N(Cc2ccccn2)c2nc3cc(C)cc(C)c3s2)c([N+](=O)[O-])cc1OC. The summed E-state index contributed by atoms with van der Waals surface area (Å²) in [4.78, 5) is 35.5. The first-order chi connectivity index (χ1) is 16.3. The van der Waals surface area contributed by atoms with Crippen LogP contribution in [0.1, 0.15) is 27.2 Å². The second-order valence-corrected chi connectivity index (χ2v) is 8.60. The van der Waals surface area contributed by atoms with Crippen molar-refractivity contribution >= 4 is 38.3 Å². The number of thiazole rings is 1. The number of benzene rings is 2. The zero-order chi connectivity index (χ0) is 24.4. The van der Waals surface area contributed by atoms with Gasteiger partial charge >= 0.3 is 0 Å². The lowest BCUT2D eigenvalue weighted by Crippen LogP contribution is -2.31. The highest BCUT2D eigenvalue weighted by molar-refractivity contribution is 7.22. The van der Waals surface area contributed by atoms with Crippen LogP contribution in [0.4, 0.5) is 10.8 Å². The molecule has 0 fully saturated rings. The van der Waals surface area contributed by atoms with Gasteiger partial charge in [0, 0.05) is 12.3 Å². The number of carbonyl (C=O) groups excluding carboxylic acids is 1. The maximum Gasteiger partial charge on any atom is 0.286 e. The standard InChI is InChI=1S/C24H22N4O5S/c1-14-9-15(2)22-18(10-14)26-24(34-22)27(13-16-7-5-6-8-25-16)23(29)17-11-20(32-3)21(33-4)12-19(17)28(30)31/h5-12H,13H2,1-4H3. The van der Waals surface area contributed by atoms with Gasteiger partial charge < -0.3 is 9.47 Å². The molecule has 4 aromatic rings. The molecule has 0 saturated carbocycles. The number of carbonyl (C=O) groups is 1. The molecule has 0 aliphatic carbocycles. The average Bonchev–Trinajstić information content (AvgIpc) is 3.25. The zero-order valence-electron chi connectivity index (χ0n) is 19.1. The van der Waals surface area contributed by atoms with E-state index >= 15 is 0 Å². The van der Waals surface area contributed by atoms with Crippen molar-refractivity contribution in [3.05, 3.63) is 81.2 Å². The summed E-state index contributed by atoms with van der Waals surface area (Å²) in [5, 5.41) is 12.3. The van der Waals surface area contributed by atoms with Crippen LogP contribution in [0.25, 0.3) is 10.2 Å². The van der Waals surface area contributed by atoms with E-state index in [1.54, 1.807) is 18.3 Å². The second-order valence-electron chi connectivity index (χ2n) is 7.62. The summed E-state index contributed by atoms with van der Waals surface area (Å²) in [6.45, 7) is 4.06. The largest absolute Gasteiger partial charge is 0.493 e. The minimum absolute atomic E-state index is 0.0863. The number of hydrogen-bond donors (Lipinski definition) is 0. The Labute approximate surface area is 199 Å². The molecular weight excluding hydrogens is 456 g/mol. The quantitative estimate of drug-likeness (QED) is 0.269. The summed E-state index contributed by atoms with van der Waals surface area (Å²) in [6.07, 6.45) is 1.63. The minimum atomic E-state index is -0.611. The Hall–Kier alpha value is -4.05. The Balaban J connectivity index is 1.88. The smallest absolute Gasteiger partial charge is 0.286 e. The van der Waals surface area contributed by atoms with E-state index in [0.717, 1.165) is 21.3 Å². The molecule has 0 N–H and O–H groups in total. The molecule has 0 spiro atoms. The van der Waals surface area contributed by atoms with Crippen molar-refractivity contribution < 1.29 is 19.2 Å². The molecule has 9 nitrogen and oxygen atoms in total. The molecule has 1 amide bonds. The highest BCUT2D eigenvalue weighted by Gasteiger charge is 2.30. The van der Waals surface area contributed by atoms with E-state index < -0.39 is 10.8 Å². The molecule has 174 valence electrons. The Kier molecular flexibility index (Phi) is 6.42. The number of nitro groups is 1. The predicted molar refractivity (Wildman–Crippen MR) is 130 cm³/mol. The first-order valence-corrected chi connectivity index (χ1v) is 11.1. The van der Waals surface area contributed by atoms with Crippen LogP contribution in [-0.4, -0.2) is 35.0 Å². The molecule has 0 unspecified atom stereocenters. The molecule has 4 rings (SSSR count). The number of aromatic nitrogens is 2. The maximum atomic E-state index is 13.8. The van der Waals surface area contributed by atoms with Gasteiger partial charge in [-0.15, -0.1) is 0 Å². The fourth-order valence-electron chi connectivity index (χ4n) is 3.70. The number of nitrogens with zero attached hydrogens (tertiary/aromatic N) is 4. The molecule has 0 aliphatic heterocycles. The van der Waals surface area contributed by atoms with Gasteiger partial charge in [0.05, 0.1) is 47.7 Å². The Morgan fingerprint density at radius 1 is 1.12 bits per heavy atom. The summed E-state index contributed by atoms with van der Waals surface area (Å²) in [6, 6.07) is 11.9. The van der Waals surface area contributed by atoms with Crippen LogP contribution in [0.2, 0.25) is 0 Å². The van der Waals surface area contributed by atoms with Gasteiger partial charge in [-0.1, -0.05) is 23.5 Å². The third-order valence-corrected chi connectivity index (χ3v) is 6.49. The Bertz CT molecular complexity index is 1390. The van der Waals surface area contributed by atoms with Crippen molar-refractivity contribution in [2.45, 2.75) is 20.4 Å². The van der Waals surface area contributed by atoms with Gasteiger partial charge in [0.15, 0.2) is 16.6 Å². The first kappa shape index (κ1) is 23.1. The van der Waals surface area contributed by atoms with Gasteiger partial charge in [-0.3, -0.25) is 24.8 Å². The molecule has 0 bridgehead atoms. The Morgan fingerprint density at radius 2 is 1.85 bits per heavy atom. The van der Waals surface area contributed by atoms with Crippen LogP contribution < -0.4 is 14.4 Å². The van der Waals surface area contributed by atoms with E-state index in [-0.39, 0.29) is 29.3 Å². The number of ether oxygens (including phenoxy) is 2. The van der Waals surface area contributed by atoms with Crippen molar-refractivity contribution in [2.24, 2.45) is 0 Å². The summed E-state index contributed by atoms with van der Waals surface area (Å²) in [5.41, 5.74) is 2.96. The third-order valence-electron chi connectivity index (χ3n) is 5.26. The summed E-state index contributed by atoms with van der Waals surface area (Å²) < 4.78 is 11.4. The number of pyridine rings is 1. The van der Waals surface area contributed by atoms with Crippen molar-refractivity contribution in [3.8, 4) is 11.5 Å². The lowest BCUT2D eigenvalue weighted by Gasteiger charge is -2.20. The average molecular weight is 479 g/mol. The van der Waals surface area contributed by atoms with E-state index in [2.05, 4.69) is 4.98 Å². The van der Waals surface area contributed by atoms with E-state index in [0.29, 0.717) is 10.8 Å². The van der Waals surface area contributed by atoms with Crippen LogP contribution in [0, 0.1) is 24.0 Å². The molecular formula is C24H22N4O5S. The predicted octanol–water partition coefficient (Wildman–Crippen LogP) is 5.08. The fourth-order valence-corrected chi connectivity index (χ4v) is 4.71. The topological polar surface area (TPSA) is 108 Å². The Morgan fingerprint density at radius 3 is 2.50 bits per heavy atom. The van der Waals surface area contributed by atoms with Gasteiger partial charge in [0.25, 0.3) is 11.6 Å². The number of hydrogen-bond acceptors (Lipinski definition) is 8. The van der Waals surface area contributed by atoms with E-state index in [9.17, 15) is 14.9 Å². The molecule has 34 heavy (non-hydrogen) atoms. The van der Waals surface area contributed by atoms with Gasteiger partial charge in [-0.25, -0.2) is 4.98 Å². The normalized spacial score (nSPS) is 10.8. The first-order valence-electron chi connectivity index (χ1n) is 10.3. The highest BCUT2D eigenvalue weighted by Crippen LogP contribution is 2.38. The number of aryl methyl sites for hydroxylation is 2. The molecule has 2 aromatic carbocycles. The van der Waals surface area contributed by atoms with Gasteiger partial charge in [0.1, 0.15) is 5.56 Å². The monoisotopic (exact) mass is 478 g/mol. The number of nitro benzene ring substituents is 1. The van der Waals surface area contributed by atoms with Crippen molar-refractivity contribution in [3.63, 3.8) is 0 Å². The maximum absolute atomic E-state index is 13.8. The van der Waals surface area contributed by atoms with Crippen LogP contribution in [0.3, 0.4) is 0 Å². The molecule has 2 aromatic heterocycles. The molecule has 0 radical (unpaired) electrons. The second kappa shape index (κ2) is 9.44. The number of methoxy groups -OCH3 is 2. The molecule has 0 atom stereocenters. The summed E-state index contributed by atoms with van der Waals surface area (Å²) in [5.74, 6) is -0.218. The number of rotatable bonds is 7. The van der Waals surface area contributed by atoms with Crippen LogP contribution >= 0.6 is 11.3 Å². The number of amides is 1. The molecule has 2 heterocycles. The van der Waals surface area contributed by atoms with Gasteiger partial charge in [-0.2, -0.15) is 0 Å². The number of anilines is 1. The highest BCUT2D eigenvalue weighted by atomic mass is 32.1. The zero-order valence-corrected chi connectivity index (χ0v) is 19.9. The summed E-state index contributed by atoms with van der Waals surface area (Å²) in [7, 11) is 2.78. The molecule has 0 aliphatic rings. The van der Waals surface area contributed by atoms with Gasteiger partial charge in [-0.05, 0) is 43.2 Å². The van der Waals surface area contributed by atoms with Crippen molar-refractivity contribution in [1.29, 1.82) is 0 Å². The van der Waals surface area contributed by atoms with Crippen LogP contribution in [-0.2, 0) is 6.54 Å². The van der Waals surface area contributed by atoms with E-state index in [1.807, 2.05) is 32.0 Å². The van der Waals surface area contributed by atoms with E-state index in [1.165, 1.54) is 42.6 Å².